The van der Waals surface area contributed by atoms with Crippen LogP contribution in [0.1, 0.15) is 42.1 Å². The summed E-state index contributed by atoms with van der Waals surface area (Å²) < 4.78 is 37.8. The van der Waals surface area contributed by atoms with Crippen molar-refractivity contribution in [3.8, 4) is 0 Å². The van der Waals surface area contributed by atoms with Crippen LogP contribution in [-0.4, -0.2) is 5.11 Å². The second kappa shape index (κ2) is 5.37. The minimum atomic E-state index is -4.33. The molecule has 2 unspecified atom stereocenters. The first-order valence-electron chi connectivity index (χ1n) is 6.40. The maximum atomic E-state index is 12.6. The number of rotatable bonds is 2. The third-order valence-corrected chi connectivity index (χ3v) is 3.67. The van der Waals surface area contributed by atoms with E-state index in [1.54, 1.807) is 6.92 Å². The summed E-state index contributed by atoms with van der Waals surface area (Å²) in [6.07, 6.45) is 1.65. The average molecular weight is 270 g/mol. The summed E-state index contributed by atoms with van der Waals surface area (Å²) in [5.41, 5.74) is 0.440. The Morgan fingerprint density at radius 2 is 2.00 bits per heavy atom. The van der Waals surface area contributed by atoms with Gasteiger partial charge in [-0.1, -0.05) is 18.2 Å². The smallest absolute Gasteiger partial charge is 0.388 e. The van der Waals surface area contributed by atoms with Crippen molar-refractivity contribution in [2.24, 2.45) is 5.92 Å². The lowest BCUT2D eigenvalue weighted by Crippen LogP contribution is -2.15. The Morgan fingerprint density at radius 1 is 1.26 bits per heavy atom. The van der Waals surface area contributed by atoms with E-state index in [0.717, 1.165) is 31.4 Å². The lowest BCUT2D eigenvalue weighted by molar-refractivity contribution is -0.137. The van der Waals surface area contributed by atoms with E-state index in [1.165, 1.54) is 6.07 Å². The summed E-state index contributed by atoms with van der Waals surface area (Å²) in [6.45, 7) is 1.62. The van der Waals surface area contributed by atoms with E-state index in [0.29, 0.717) is 11.1 Å². The number of allylic oxidation sites excluding steroid dienone is 2. The number of aliphatic hydroxyl groups is 1. The molecule has 0 fully saturated rings. The van der Waals surface area contributed by atoms with Crippen LogP contribution in [0, 0.1) is 12.8 Å². The first kappa shape index (κ1) is 14.1. The zero-order valence-corrected chi connectivity index (χ0v) is 10.7. The van der Waals surface area contributed by atoms with Crippen molar-refractivity contribution in [2.75, 3.05) is 0 Å². The number of hydrogen-bond acceptors (Lipinski definition) is 1. The second-order valence-electron chi connectivity index (χ2n) is 5.06. The SMILES string of the molecule is Cc1cc(C(F)(F)F)ccc1C(O)C1CC=CCC1. The molecule has 2 rings (SSSR count). The average Bonchev–Trinajstić information content (AvgIpc) is 2.38. The molecule has 0 bridgehead atoms. The Bertz CT molecular complexity index is 477. The number of aryl methyl sites for hydroxylation is 1. The van der Waals surface area contributed by atoms with Crippen molar-refractivity contribution in [3.63, 3.8) is 0 Å². The molecule has 0 radical (unpaired) electrons. The van der Waals surface area contributed by atoms with Crippen molar-refractivity contribution in [3.05, 3.63) is 47.0 Å². The van der Waals surface area contributed by atoms with Crippen LogP contribution < -0.4 is 0 Å². The van der Waals surface area contributed by atoms with Gasteiger partial charge in [-0.25, -0.2) is 0 Å². The largest absolute Gasteiger partial charge is 0.416 e. The van der Waals surface area contributed by atoms with Crippen molar-refractivity contribution in [1.82, 2.24) is 0 Å². The summed E-state index contributed by atoms with van der Waals surface area (Å²) in [7, 11) is 0. The van der Waals surface area contributed by atoms with Gasteiger partial charge in [-0.3, -0.25) is 0 Å². The Hall–Kier alpha value is -1.29. The number of halogens is 3. The molecule has 0 aromatic heterocycles. The van der Waals surface area contributed by atoms with Crippen molar-refractivity contribution in [2.45, 2.75) is 38.5 Å². The molecule has 0 spiro atoms. The van der Waals surface area contributed by atoms with E-state index in [9.17, 15) is 18.3 Å². The molecule has 1 nitrogen and oxygen atoms in total. The molecule has 0 aliphatic heterocycles. The van der Waals surface area contributed by atoms with Crippen LogP contribution in [-0.2, 0) is 6.18 Å². The molecule has 1 aromatic rings. The van der Waals surface area contributed by atoms with Gasteiger partial charge in [-0.15, -0.1) is 0 Å². The second-order valence-corrected chi connectivity index (χ2v) is 5.06. The molecule has 1 N–H and O–H groups in total. The van der Waals surface area contributed by atoms with E-state index >= 15 is 0 Å². The molecule has 1 aliphatic carbocycles. The van der Waals surface area contributed by atoms with E-state index in [-0.39, 0.29) is 5.92 Å². The topological polar surface area (TPSA) is 20.2 Å². The van der Waals surface area contributed by atoms with Crippen molar-refractivity contribution >= 4 is 0 Å². The highest BCUT2D eigenvalue weighted by Crippen LogP contribution is 2.36. The van der Waals surface area contributed by atoms with Crippen molar-refractivity contribution in [1.29, 1.82) is 0 Å². The van der Waals surface area contributed by atoms with Gasteiger partial charge in [0, 0.05) is 0 Å². The normalized spacial score (nSPS) is 21.4. The van der Waals surface area contributed by atoms with Crippen LogP contribution in [0.2, 0.25) is 0 Å². The summed E-state index contributed by atoms with van der Waals surface area (Å²) in [4.78, 5) is 0. The summed E-state index contributed by atoms with van der Waals surface area (Å²) in [5.74, 6) is 0.0976. The molecule has 0 heterocycles. The number of benzene rings is 1. The van der Waals surface area contributed by atoms with Crippen molar-refractivity contribution < 1.29 is 18.3 Å². The number of aliphatic hydroxyl groups excluding tert-OH is 1. The van der Waals surface area contributed by atoms with Gasteiger partial charge >= 0.3 is 6.18 Å². The Morgan fingerprint density at radius 3 is 2.53 bits per heavy atom. The van der Waals surface area contributed by atoms with E-state index in [2.05, 4.69) is 6.08 Å². The predicted octanol–water partition coefficient (Wildman–Crippen LogP) is 4.40. The van der Waals surface area contributed by atoms with Crippen LogP contribution in [0.15, 0.2) is 30.4 Å². The first-order chi connectivity index (χ1) is 8.89. The van der Waals surface area contributed by atoms with Gasteiger partial charge in [0.25, 0.3) is 0 Å². The maximum absolute atomic E-state index is 12.6. The molecule has 4 heteroatoms. The van der Waals surface area contributed by atoms with Gasteiger partial charge in [-0.2, -0.15) is 13.2 Å². The van der Waals surface area contributed by atoms with Gasteiger partial charge in [0.15, 0.2) is 0 Å². The van der Waals surface area contributed by atoms with E-state index in [4.69, 9.17) is 0 Å². The van der Waals surface area contributed by atoms with E-state index in [1.807, 2.05) is 6.08 Å². The highest BCUT2D eigenvalue weighted by Gasteiger charge is 2.31. The molecule has 19 heavy (non-hydrogen) atoms. The van der Waals surface area contributed by atoms with Crippen LogP contribution in [0.25, 0.3) is 0 Å². The Kier molecular flexibility index (Phi) is 3.99. The Labute approximate surface area is 110 Å². The molecule has 104 valence electrons. The third-order valence-electron chi connectivity index (χ3n) is 3.67. The summed E-state index contributed by atoms with van der Waals surface area (Å²) in [6, 6.07) is 3.56. The van der Waals surface area contributed by atoms with Crippen LogP contribution in [0.3, 0.4) is 0 Å². The quantitative estimate of drug-likeness (QED) is 0.789. The fraction of sp³-hybridized carbons (Fsp3) is 0.467. The summed E-state index contributed by atoms with van der Waals surface area (Å²) >= 11 is 0. The molecule has 1 aliphatic rings. The maximum Gasteiger partial charge on any atom is 0.416 e. The highest BCUT2D eigenvalue weighted by molar-refractivity contribution is 5.34. The minimum Gasteiger partial charge on any atom is -0.388 e. The lowest BCUT2D eigenvalue weighted by Gasteiger charge is -2.25. The summed E-state index contributed by atoms with van der Waals surface area (Å²) in [5, 5.41) is 10.3. The number of hydrogen-bond donors (Lipinski definition) is 1. The monoisotopic (exact) mass is 270 g/mol. The molecule has 1 aromatic carbocycles. The highest BCUT2D eigenvalue weighted by atomic mass is 19.4. The Balaban J connectivity index is 2.23. The van der Waals surface area contributed by atoms with Crippen LogP contribution >= 0.6 is 0 Å². The van der Waals surface area contributed by atoms with Gasteiger partial charge < -0.3 is 5.11 Å². The van der Waals surface area contributed by atoms with Gasteiger partial charge in [0.05, 0.1) is 11.7 Å². The van der Waals surface area contributed by atoms with Gasteiger partial charge in [0.2, 0.25) is 0 Å². The van der Waals surface area contributed by atoms with E-state index < -0.39 is 17.8 Å². The zero-order chi connectivity index (χ0) is 14.0. The zero-order valence-electron chi connectivity index (χ0n) is 10.7. The first-order valence-corrected chi connectivity index (χ1v) is 6.40. The standard InChI is InChI=1S/C15H17F3O/c1-10-9-12(15(16,17)18)7-8-13(10)14(19)11-5-3-2-4-6-11/h2-3,7-9,11,14,19H,4-6H2,1H3. The lowest BCUT2D eigenvalue weighted by atomic mass is 9.84. The van der Waals surface area contributed by atoms with Crippen LogP contribution in [0.4, 0.5) is 13.2 Å². The molecule has 0 saturated carbocycles. The fourth-order valence-corrected chi connectivity index (χ4v) is 2.54. The number of alkyl halides is 3. The van der Waals surface area contributed by atoms with Gasteiger partial charge in [-0.05, 0) is 55.4 Å². The molecule has 2 atom stereocenters. The molecular formula is C15H17F3O. The molecule has 0 saturated heterocycles. The fourth-order valence-electron chi connectivity index (χ4n) is 2.54. The minimum absolute atomic E-state index is 0.0976. The predicted molar refractivity (Wildman–Crippen MR) is 67.6 cm³/mol. The third kappa shape index (κ3) is 3.18. The molecule has 0 amide bonds. The molecular weight excluding hydrogens is 253 g/mol. The van der Waals surface area contributed by atoms with Crippen LogP contribution in [0.5, 0.6) is 0 Å². The van der Waals surface area contributed by atoms with Gasteiger partial charge in [0.1, 0.15) is 0 Å².